The molecule has 0 atom stereocenters. The zero-order valence-electron chi connectivity index (χ0n) is 12.3. The van der Waals surface area contributed by atoms with Gasteiger partial charge >= 0.3 is 5.97 Å². The van der Waals surface area contributed by atoms with E-state index in [9.17, 15) is 9.59 Å². The maximum Gasteiger partial charge on any atom is 0.329 e. The highest BCUT2D eigenvalue weighted by Crippen LogP contribution is 2.36. The lowest BCUT2D eigenvalue weighted by Gasteiger charge is -2.09. The minimum absolute atomic E-state index is 0.0674. The number of hydrogen-bond acceptors (Lipinski definition) is 7. The molecule has 0 bridgehead atoms. The van der Waals surface area contributed by atoms with Crippen molar-refractivity contribution in [3.8, 4) is 12.3 Å². The molecule has 0 unspecified atom stereocenters. The van der Waals surface area contributed by atoms with Crippen LogP contribution in [0.25, 0.3) is 0 Å². The molecule has 122 valence electrons. The van der Waals surface area contributed by atoms with Crippen molar-refractivity contribution >= 4 is 11.9 Å². The Morgan fingerprint density at radius 2 is 2.22 bits per heavy atom. The molecule has 0 saturated carbocycles. The minimum atomic E-state index is -1.11. The van der Waals surface area contributed by atoms with Gasteiger partial charge in [0.15, 0.2) is 23.5 Å². The highest BCUT2D eigenvalue weighted by molar-refractivity contribution is 5.93. The van der Waals surface area contributed by atoms with Crippen LogP contribution in [0.5, 0.6) is 0 Å². The predicted octanol–water partition coefficient (Wildman–Crippen LogP) is 0.971. The van der Waals surface area contributed by atoms with Crippen LogP contribution in [-0.2, 0) is 16.1 Å². The van der Waals surface area contributed by atoms with Crippen LogP contribution in [0.2, 0.25) is 0 Å². The molecular weight excluding hydrogens is 304 g/mol. The number of amides is 1. The van der Waals surface area contributed by atoms with E-state index in [2.05, 4.69) is 26.4 Å². The van der Waals surface area contributed by atoms with Crippen LogP contribution in [-0.4, -0.2) is 40.8 Å². The second-order valence-corrected chi connectivity index (χ2v) is 4.90. The van der Waals surface area contributed by atoms with Crippen molar-refractivity contribution in [2.45, 2.75) is 31.5 Å². The number of oxazole rings is 1. The predicted molar refractivity (Wildman–Crippen MR) is 76.4 cm³/mol. The SMILES string of the molecule is C#CCCC1(CCNC(=O)c2ncoc2COCC(=O)O)N=N1. The van der Waals surface area contributed by atoms with E-state index >= 15 is 0 Å². The lowest BCUT2D eigenvalue weighted by molar-refractivity contribution is -0.142. The average molecular weight is 320 g/mol. The van der Waals surface area contributed by atoms with Crippen LogP contribution in [0, 0.1) is 12.3 Å². The van der Waals surface area contributed by atoms with E-state index in [1.807, 2.05) is 0 Å². The molecule has 2 N–H and O–H groups in total. The standard InChI is InChI=1S/C14H16N4O5/c1-2-3-4-14(17-18-14)5-6-15-13(21)12-10(23-9-16-12)7-22-8-11(19)20/h1,9H,3-8H2,(H,15,21)(H,19,20). The third kappa shape index (κ3) is 4.89. The summed E-state index contributed by atoms with van der Waals surface area (Å²) < 4.78 is 9.91. The zero-order valence-corrected chi connectivity index (χ0v) is 12.3. The fraction of sp³-hybridized carbons (Fsp3) is 0.500. The molecule has 0 fully saturated rings. The van der Waals surface area contributed by atoms with Gasteiger partial charge in [-0.1, -0.05) is 0 Å². The number of carbonyl (C=O) groups is 2. The van der Waals surface area contributed by atoms with E-state index in [4.69, 9.17) is 20.7 Å². The van der Waals surface area contributed by atoms with Crippen LogP contribution >= 0.6 is 0 Å². The highest BCUT2D eigenvalue weighted by atomic mass is 16.5. The van der Waals surface area contributed by atoms with Gasteiger partial charge in [0.05, 0.1) is 0 Å². The zero-order chi connectivity index (χ0) is 16.7. The number of nitrogens with zero attached hydrogens (tertiary/aromatic N) is 3. The second-order valence-electron chi connectivity index (χ2n) is 4.90. The highest BCUT2D eigenvalue weighted by Gasteiger charge is 2.38. The molecule has 1 aliphatic heterocycles. The van der Waals surface area contributed by atoms with E-state index in [0.717, 1.165) is 6.39 Å². The summed E-state index contributed by atoms with van der Waals surface area (Å²) >= 11 is 0. The van der Waals surface area contributed by atoms with Crippen molar-refractivity contribution in [1.29, 1.82) is 0 Å². The molecule has 9 nitrogen and oxygen atoms in total. The van der Waals surface area contributed by atoms with Gasteiger partial charge in [0.2, 0.25) is 0 Å². The van der Waals surface area contributed by atoms with Crippen molar-refractivity contribution in [2.75, 3.05) is 13.2 Å². The summed E-state index contributed by atoms with van der Waals surface area (Å²) in [5.41, 5.74) is -0.394. The Kier molecular flexibility index (Phi) is 5.43. The third-order valence-electron chi connectivity index (χ3n) is 3.18. The van der Waals surface area contributed by atoms with E-state index in [1.54, 1.807) is 0 Å². The number of aliphatic carboxylic acids is 1. The first-order chi connectivity index (χ1) is 11.1. The van der Waals surface area contributed by atoms with Gasteiger partial charge < -0.3 is 19.6 Å². The summed E-state index contributed by atoms with van der Waals surface area (Å²) in [6.07, 6.45) is 8.12. The maximum absolute atomic E-state index is 12.0. The molecule has 23 heavy (non-hydrogen) atoms. The first kappa shape index (κ1) is 16.6. The molecule has 0 saturated heterocycles. The quantitative estimate of drug-likeness (QED) is 0.619. The lowest BCUT2D eigenvalue weighted by atomic mass is 10.0. The maximum atomic E-state index is 12.0. The van der Waals surface area contributed by atoms with E-state index in [0.29, 0.717) is 25.8 Å². The van der Waals surface area contributed by atoms with Gasteiger partial charge in [0.25, 0.3) is 5.91 Å². The third-order valence-corrected chi connectivity index (χ3v) is 3.18. The lowest BCUT2D eigenvalue weighted by Crippen LogP contribution is -2.29. The van der Waals surface area contributed by atoms with Crippen LogP contribution in [0.15, 0.2) is 21.0 Å². The van der Waals surface area contributed by atoms with E-state index in [1.165, 1.54) is 0 Å². The molecule has 0 radical (unpaired) electrons. The molecule has 2 heterocycles. The number of carboxylic acid groups (broad SMARTS) is 1. The molecule has 1 aromatic heterocycles. The van der Waals surface area contributed by atoms with Gasteiger partial charge in [0, 0.05) is 25.8 Å². The summed E-state index contributed by atoms with van der Waals surface area (Å²) in [5, 5.41) is 19.1. The fourth-order valence-electron chi connectivity index (χ4n) is 1.92. The van der Waals surface area contributed by atoms with Crippen molar-refractivity contribution in [1.82, 2.24) is 10.3 Å². The number of rotatable bonds is 10. The molecule has 1 amide bonds. The first-order valence-electron chi connectivity index (χ1n) is 6.94. The van der Waals surface area contributed by atoms with Crippen LogP contribution in [0.3, 0.4) is 0 Å². The Bertz CT molecular complexity index is 640. The normalized spacial score (nSPS) is 14.2. The number of aromatic nitrogens is 1. The summed E-state index contributed by atoms with van der Waals surface area (Å²) in [6, 6.07) is 0. The number of carbonyl (C=O) groups excluding carboxylic acids is 1. The molecule has 0 aromatic carbocycles. The molecule has 9 heteroatoms. The van der Waals surface area contributed by atoms with Gasteiger partial charge in [-0.3, -0.25) is 4.79 Å². The Balaban J connectivity index is 1.77. The van der Waals surface area contributed by atoms with Crippen LogP contribution in [0.1, 0.15) is 35.5 Å². The molecule has 0 aliphatic carbocycles. The second kappa shape index (κ2) is 7.51. The Morgan fingerprint density at radius 1 is 1.43 bits per heavy atom. The number of carboxylic acids is 1. The Labute approximate surface area is 132 Å². The van der Waals surface area contributed by atoms with Gasteiger partial charge in [-0.15, -0.1) is 12.3 Å². The molecule has 1 aliphatic rings. The average Bonchev–Trinajstić information content (AvgIpc) is 3.12. The topological polar surface area (TPSA) is 126 Å². The summed E-state index contributed by atoms with van der Waals surface area (Å²) in [5.74, 6) is 1.17. The first-order valence-corrected chi connectivity index (χ1v) is 6.94. The van der Waals surface area contributed by atoms with E-state index in [-0.39, 0.29) is 18.1 Å². The smallest absolute Gasteiger partial charge is 0.329 e. The number of terminal acetylenes is 1. The summed E-state index contributed by atoms with van der Waals surface area (Å²) in [7, 11) is 0. The molecule has 2 rings (SSSR count). The number of hydrogen-bond donors (Lipinski definition) is 2. The van der Waals surface area contributed by atoms with Crippen molar-refractivity contribution in [2.24, 2.45) is 10.2 Å². The van der Waals surface area contributed by atoms with Crippen molar-refractivity contribution in [3.05, 3.63) is 17.8 Å². The fourth-order valence-corrected chi connectivity index (χ4v) is 1.92. The Morgan fingerprint density at radius 3 is 2.87 bits per heavy atom. The monoisotopic (exact) mass is 320 g/mol. The minimum Gasteiger partial charge on any atom is -0.480 e. The molecular formula is C14H16N4O5. The number of nitrogens with one attached hydrogen (secondary N) is 1. The summed E-state index contributed by atoms with van der Waals surface area (Å²) in [4.78, 5) is 26.2. The Hall–Kier alpha value is -2.73. The van der Waals surface area contributed by atoms with Gasteiger partial charge in [-0.25, -0.2) is 9.78 Å². The van der Waals surface area contributed by atoms with Crippen molar-refractivity contribution < 1.29 is 23.8 Å². The summed E-state index contributed by atoms with van der Waals surface area (Å²) in [6.45, 7) is -0.271. The molecule has 0 spiro atoms. The van der Waals surface area contributed by atoms with Gasteiger partial charge in [-0.05, 0) is 0 Å². The van der Waals surface area contributed by atoms with Gasteiger partial charge in [-0.2, -0.15) is 10.2 Å². The number of ether oxygens (including phenoxy) is 1. The van der Waals surface area contributed by atoms with Gasteiger partial charge in [0.1, 0.15) is 13.2 Å². The van der Waals surface area contributed by atoms with Crippen molar-refractivity contribution in [3.63, 3.8) is 0 Å². The van der Waals surface area contributed by atoms with Crippen LogP contribution in [0.4, 0.5) is 0 Å². The van der Waals surface area contributed by atoms with E-state index < -0.39 is 24.1 Å². The van der Waals surface area contributed by atoms with Crippen LogP contribution < -0.4 is 5.32 Å². The molecule has 1 aromatic rings. The largest absolute Gasteiger partial charge is 0.480 e.